The Morgan fingerprint density at radius 2 is 1.84 bits per heavy atom. The van der Waals surface area contributed by atoms with E-state index in [-0.39, 0.29) is 18.2 Å². The van der Waals surface area contributed by atoms with E-state index in [4.69, 9.17) is 11.6 Å². The number of amides is 2. The van der Waals surface area contributed by atoms with Crippen LogP contribution >= 0.6 is 11.6 Å². The second-order valence-corrected chi connectivity index (χ2v) is 6.29. The maximum absolute atomic E-state index is 12.3. The Morgan fingerprint density at radius 1 is 1.16 bits per heavy atom. The zero-order valence-electron chi connectivity index (χ0n) is 14.4. The van der Waals surface area contributed by atoms with Crippen LogP contribution in [0.4, 0.5) is 11.5 Å². The molecule has 0 bridgehead atoms. The number of halogens is 1. The standard InChI is InChI=1S/C18H21ClN4O2/c1-12(24)21-16(13-4-6-14(19)7-5-13)10-18(25)22-15-8-9-17(20-11-15)23(2)3/h4-9,11,16H,10H2,1-3H3,(H,21,24)(H,22,25)/t16-/m1/s1. The molecule has 0 aliphatic rings. The summed E-state index contributed by atoms with van der Waals surface area (Å²) >= 11 is 5.89. The lowest BCUT2D eigenvalue weighted by Crippen LogP contribution is -2.29. The van der Waals surface area contributed by atoms with Gasteiger partial charge in [-0.05, 0) is 29.8 Å². The van der Waals surface area contributed by atoms with Gasteiger partial charge in [-0.3, -0.25) is 9.59 Å². The summed E-state index contributed by atoms with van der Waals surface area (Å²) in [5, 5.41) is 6.19. The topological polar surface area (TPSA) is 74.3 Å². The molecule has 0 aliphatic carbocycles. The molecular weight excluding hydrogens is 340 g/mol. The normalized spacial score (nSPS) is 11.5. The van der Waals surface area contributed by atoms with Crippen molar-refractivity contribution in [3.63, 3.8) is 0 Å². The van der Waals surface area contributed by atoms with Crippen molar-refractivity contribution in [2.75, 3.05) is 24.3 Å². The number of anilines is 2. The van der Waals surface area contributed by atoms with Crippen molar-refractivity contribution < 1.29 is 9.59 Å². The molecule has 0 aliphatic heterocycles. The maximum atomic E-state index is 12.3. The predicted octanol–water partition coefficient (Wildman–Crippen LogP) is 3.01. The van der Waals surface area contributed by atoms with E-state index in [1.807, 2.05) is 25.1 Å². The van der Waals surface area contributed by atoms with Crippen LogP contribution in [0.3, 0.4) is 0 Å². The smallest absolute Gasteiger partial charge is 0.226 e. The van der Waals surface area contributed by atoms with Crippen molar-refractivity contribution in [3.8, 4) is 0 Å². The summed E-state index contributed by atoms with van der Waals surface area (Å²) < 4.78 is 0. The highest BCUT2D eigenvalue weighted by Crippen LogP contribution is 2.20. The summed E-state index contributed by atoms with van der Waals surface area (Å²) in [5.74, 6) is 0.383. The molecule has 2 N–H and O–H groups in total. The fourth-order valence-corrected chi connectivity index (χ4v) is 2.44. The molecule has 0 spiro atoms. The first-order valence-electron chi connectivity index (χ1n) is 7.81. The molecule has 0 fully saturated rings. The second-order valence-electron chi connectivity index (χ2n) is 5.86. The third kappa shape index (κ3) is 5.76. The molecule has 1 heterocycles. The van der Waals surface area contributed by atoms with Gasteiger partial charge in [0.05, 0.1) is 24.3 Å². The van der Waals surface area contributed by atoms with Crippen molar-refractivity contribution in [2.45, 2.75) is 19.4 Å². The Kier molecular flexibility index (Phi) is 6.36. The van der Waals surface area contributed by atoms with Crippen LogP contribution in [-0.4, -0.2) is 30.9 Å². The Hall–Kier alpha value is -2.60. The van der Waals surface area contributed by atoms with Gasteiger partial charge in [0.2, 0.25) is 11.8 Å². The first kappa shape index (κ1) is 18.7. The van der Waals surface area contributed by atoms with Crippen molar-refractivity contribution in [1.82, 2.24) is 10.3 Å². The van der Waals surface area contributed by atoms with Crippen molar-refractivity contribution in [1.29, 1.82) is 0 Å². The molecular formula is C18H21ClN4O2. The number of carbonyl (C=O) groups excluding carboxylic acids is 2. The van der Waals surface area contributed by atoms with Crippen molar-refractivity contribution in [2.24, 2.45) is 0 Å². The van der Waals surface area contributed by atoms with Crippen LogP contribution in [0.2, 0.25) is 5.02 Å². The largest absolute Gasteiger partial charge is 0.363 e. The molecule has 7 heteroatoms. The van der Waals surface area contributed by atoms with Gasteiger partial charge in [0.15, 0.2) is 0 Å². The highest BCUT2D eigenvalue weighted by molar-refractivity contribution is 6.30. The molecule has 132 valence electrons. The summed E-state index contributed by atoms with van der Waals surface area (Å²) in [4.78, 5) is 29.9. The summed E-state index contributed by atoms with van der Waals surface area (Å²) in [6.45, 7) is 1.42. The lowest BCUT2D eigenvalue weighted by atomic mass is 10.0. The van der Waals surface area contributed by atoms with Crippen LogP contribution in [0.1, 0.15) is 24.9 Å². The molecule has 1 aromatic heterocycles. The molecule has 1 aromatic carbocycles. The van der Waals surface area contributed by atoms with Gasteiger partial charge in [0.1, 0.15) is 5.82 Å². The molecule has 0 saturated heterocycles. The van der Waals surface area contributed by atoms with Gasteiger partial charge in [-0.2, -0.15) is 0 Å². The van der Waals surface area contributed by atoms with Gasteiger partial charge in [-0.25, -0.2) is 4.98 Å². The Balaban J connectivity index is 2.05. The summed E-state index contributed by atoms with van der Waals surface area (Å²) in [6.07, 6.45) is 1.71. The minimum Gasteiger partial charge on any atom is -0.363 e. The van der Waals surface area contributed by atoms with Crippen LogP contribution in [0.25, 0.3) is 0 Å². The Labute approximate surface area is 152 Å². The lowest BCUT2D eigenvalue weighted by molar-refractivity contribution is -0.120. The zero-order valence-corrected chi connectivity index (χ0v) is 15.2. The van der Waals surface area contributed by atoms with Gasteiger partial charge < -0.3 is 15.5 Å². The van der Waals surface area contributed by atoms with Crippen LogP contribution in [-0.2, 0) is 9.59 Å². The van der Waals surface area contributed by atoms with Crippen molar-refractivity contribution in [3.05, 3.63) is 53.2 Å². The van der Waals surface area contributed by atoms with E-state index in [0.717, 1.165) is 11.4 Å². The first-order valence-corrected chi connectivity index (χ1v) is 8.18. The highest BCUT2D eigenvalue weighted by Gasteiger charge is 2.17. The van der Waals surface area contributed by atoms with Crippen LogP contribution < -0.4 is 15.5 Å². The maximum Gasteiger partial charge on any atom is 0.226 e. The minimum atomic E-state index is -0.427. The number of aromatic nitrogens is 1. The predicted molar refractivity (Wildman–Crippen MR) is 99.8 cm³/mol. The second kappa shape index (κ2) is 8.48. The fraction of sp³-hybridized carbons (Fsp3) is 0.278. The number of carbonyl (C=O) groups is 2. The number of nitrogens with one attached hydrogen (secondary N) is 2. The van der Waals surface area contributed by atoms with Gasteiger partial charge in [0, 0.05) is 26.0 Å². The molecule has 25 heavy (non-hydrogen) atoms. The Bertz CT molecular complexity index is 730. The number of benzene rings is 1. The van der Waals surface area contributed by atoms with Crippen LogP contribution in [0.15, 0.2) is 42.6 Å². The monoisotopic (exact) mass is 360 g/mol. The molecule has 2 aromatic rings. The highest BCUT2D eigenvalue weighted by atomic mass is 35.5. The summed E-state index contributed by atoms with van der Waals surface area (Å²) in [5.41, 5.74) is 1.42. The summed E-state index contributed by atoms with van der Waals surface area (Å²) in [6, 6.07) is 10.2. The van der Waals surface area contributed by atoms with Gasteiger partial charge in [-0.15, -0.1) is 0 Å². The van der Waals surface area contributed by atoms with E-state index < -0.39 is 6.04 Å². The fourth-order valence-electron chi connectivity index (χ4n) is 2.31. The van der Waals surface area contributed by atoms with E-state index >= 15 is 0 Å². The van der Waals surface area contributed by atoms with Crippen LogP contribution in [0, 0.1) is 0 Å². The Morgan fingerprint density at radius 3 is 2.36 bits per heavy atom. The van der Waals surface area contributed by atoms with Crippen LogP contribution in [0.5, 0.6) is 0 Å². The quantitative estimate of drug-likeness (QED) is 0.830. The molecule has 6 nitrogen and oxygen atoms in total. The SMILES string of the molecule is CC(=O)N[C@H](CC(=O)Nc1ccc(N(C)C)nc1)c1ccc(Cl)cc1. The van der Waals surface area contributed by atoms with E-state index in [2.05, 4.69) is 15.6 Å². The molecule has 2 rings (SSSR count). The van der Waals surface area contributed by atoms with Gasteiger partial charge >= 0.3 is 0 Å². The van der Waals surface area contributed by atoms with E-state index in [0.29, 0.717) is 10.7 Å². The van der Waals surface area contributed by atoms with E-state index in [9.17, 15) is 9.59 Å². The molecule has 0 saturated carbocycles. The van der Waals surface area contributed by atoms with Crippen molar-refractivity contribution >= 4 is 34.9 Å². The third-order valence-corrected chi connectivity index (χ3v) is 3.78. The summed E-state index contributed by atoms with van der Waals surface area (Å²) in [7, 11) is 3.79. The number of rotatable bonds is 6. The number of hydrogen-bond acceptors (Lipinski definition) is 4. The van der Waals surface area contributed by atoms with E-state index in [1.165, 1.54) is 6.92 Å². The average molecular weight is 361 g/mol. The van der Waals surface area contributed by atoms with Gasteiger partial charge in [0.25, 0.3) is 0 Å². The first-order chi connectivity index (χ1) is 11.8. The number of hydrogen-bond donors (Lipinski definition) is 2. The zero-order chi connectivity index (χ0) is 18.4. The average Bonchev–Trinajstić information content (AvgIpc) is 2.55. The third-order valence-electron chi connectivity index (χ3n) is 3.53. The molecule has 2 amide bonds. The van der Waals surface area contributed by atoms with Gasteiger partial charge in [-0.1, -0.05) is 23.7 Å². The number of nitrogens with zero attached hydrogens (tertiary/aromatic N) is 2. The molecule has 0 radical (unpaired) electrons. The minimum absolute atomic E-state index is 0.108. The lowest BCUT2D eigenvalue weighted by Gasteiger charge is -2.18. The number of pyridine rings is 1. The molecule has 1 atom stereocenters. The van der Waals surface area contributed by atoms with E-state index in [1.54, 1.807) is 36.5 Å². The molecule has 0 unspecified atom stereocenters.